The number of para-hydroxylation sites is 1. The molecule has 5 nitrogen and oxygen atoms in total. The lowest BCUT2D eigenvalue weighted by Crippen LogP contribution is -2.13. The Labute approximate surface area is 154 Å². The number of halogens is 1. The Balaban J connectivity index is 1.81. The molecule has 0 aliphatic carbocycles. The van der Waals surface area contributed by atoms with Crippen molar-refractivity contribution in [3.05, 3.63) is 70.0 Å². The lowest BCUT2D eigenvalue weighted by atomic mass is 10.2. The molecular formula is C19H18BrN3O2. The number of ether oxygens (including phenoxy) is 1. The summed E-state index contributed by atoms with van der Waals surface area (Å²) in [7, 11) is 1.55. The molecule has 1 amide bonds. The number of hydrogen-bond acceptors (Lipinski definition) is 3. The monoisotopic (exact) mass is 399 g/mol. The van der Waals surface area contributed by atoms with Crippen LogP contribution in [0.5, 0.6) is 5.75 Å². The van der Waals surface area contributed by atoms with Crippen molar-refractivity contribution in [2.45, 2.75) is 13.8 Å². The number of aryl methyl sites for hydroxylation is 1. The molecule has 1 N–H and O–H groups in total. The maximum Gasteiger partial charge on any atom is 0.259 e. The highest BCUT2D eigenvalue weighted by Gasteiger charge is 2.13. The summed E-state index contributed by atoms with van der Waals surface area (Å²) in [6.45, 7) is 3.96. The van der Waals surface area contributed by atoms with Gasteiger partial charge in [0.2, 0.25) is 0 Å². The number of hydrogen-bond donors (Lipinski definition) is 1. The van der Waals surface area contributed by atoms with Crippen molar-refractivity contribution in [3.8, 4) is 11.4 Å². The fourth-order valence-electron chi connectivity index (χ4n) is 2.59. The maximum atomic E-state index is 12.4. The molecule has 0 radical (unpaired) electrons. The number of carbonyl (C=O) groups excluding carboxylic acids is 1. The predicted octanol–water partition coefficient (Wildman–Crippen LogP) is 4.51. The third-order valence-electron chi connectivity index (χ3n) is 3.92. The van der Waals surface area contributed by atoms with Crippen LogP contribution in [0.3, 0.4) is 0 Å². The molecule has 0 saturated carbocycles. The second kappa shape index (κ2) is 7.11. The summed E-state index contributed by atoms with van der Waals surface area (Å²) in [4.78, 5) is 12.4. The van der Waals surface area contributed by atoms with Gasteiger partial charge in [-0.2, -0.15) is 5.10 Å². The fraction of sp³-hybridized carbons (Fsp3) is 0.158. The van der Waals surface area contributed by atoms with Crippen LogP contribution in [0.4, 0.5) is 5.69 Å². The zero-order chi connectivity index (χ0) is 18.0. The molecule has 0 unspecified atom stereocenters. The van der Waals surface area contributed by atoms with Gasteiger partial charge in [0.1, 0.15) is 5.75 Å². The molecule has 0 saturated heterocycles. The summed E-state index contributed by atoms with van der Waals surface area (Å²) in [5.74, 6) is 0.336. The number of anilines is 1. The first-order chi connectivity index (χ1) is 12.0. The van der Waals surface area contributed by atoms with Gasteiger partial charge in [-0.25, -0.2) is 4.68 Å². The molecule has 3 aromatic rings. The summed E-state index contributed by atoms with van der Waals surface area (Å²) < 4.78 is 8.10. The molecule has 0 aliphatic rings. The lowest BCUT2D eigenvalue weighted by molar-refractivity contribution is 0.102. The molecule has 1 heterocycles. The van der Waals surface area contributed by atoms with Crippen molar-refractivity contribution in [1.29, 1.82) is 0 Å². The van der Waals surface area contributed by atoms with Gasteiger partial charge in [0.05, 0.1) is 34.2 Å². The largest absolute Gasteiger partial charge is 0.496 e. The summed E-state index contributed by atoms with van der Waals surface area (Å²) >= 11 is 3.53. The van der Waals surface area contributed by atoms with E-state index in [1.165, 1.54) is 0 Å². The summed E-state index contributed by atoms with van der Waals surface area (Å²) in [5, 5.41) is 7.39. The van der Waals surface area contributed by atoms with Gasteiger partial charge in [0.25, 0.3) is 5.91 Å². The number of amides is 1. The average Bonchev–Trinajstić information content (AvgIpc) is 2.89. The minimum atomic E-state index is -0.209. The molecular weight excluding hydrogens is 382 g/mol. The molecule has 2 aromatic carbocycles. The van der Waals surface area contributed by atoms with Gasteiger partial charge in [-0.15, -0.1) is 0 Å². The van der Waals surface area contributed by atoms with Crippen LogP contribution >= 0.6 is 15.9 Å². The molecule has 25 heavy (non-hydrogen) atoms. The highest BCUT2D eigenvalue weighted by Crippen LogP contribution is 2.24. The van der Waals surface area contributed by atoms with E-state index in [-0.39, 0.29) is 5.91 Å². The third kappa shape index (κ3) is 3.44. The Morgan fingerprint density at radius 2 is 1.80 bits per heavy atom. The van der Waals surface area contributed by atoms with E-state index in [0.717, 1.165) is 21.5 Å². The number of nitrogens with one attached hydrogen (secondary N) is 1. The van der Waals surface area contributed by atoms with Gasteiger partial charge < -0.3 is 10.1 Å². The minimum absolute atomic E-state index is 0.209. The molecule has 0 spiro atoms. The van der Waals surface area contributed by atoms with E-state index in [1.54, 1.807) is 25.3 Å². The number of methoxy groups -OCH3 is 1. The van der Waals surface area contributed by atoms with Gasteiger partial charge >= 0.3 is 0 Å². The van der Waals surface area contributed by atoms with Crippen molar-refractivity contribution in [2.75, 3.05) is 12.4 Å². The van der Waals surface area contributed by atoms with Crippen molar-refractivity contribution in [1.82, 2.24) is 9.78 Å². The molecule has 0 atom stereocenters. The lowest BCUT2D eigenvalue weighted by Gasteiger charge is -2.10. The fourth-order valence-corrected chi connectivity index (χ4v) is 2.84. The van der Waals surface area contributed by atoms with E-state index in [1.807, 2.05) is 48.9 Å². The Kier molecular flexibility index (Phi) is 4.90. The summed E-state index contributed by atoms with van der Waals surface area (Å²) in [6.07, 6.45) is 0. The number of benzene rings is 2. The standard InChI is InChI=1S/C19H18BrN3O2/c1-12-18(20)13(2)23(22-12)15-10-8-14(9-11-15)21-19(24)16-6-4-5-7-17(16)25-3/h4-11H,1-3H3,(H,21,24). The Morgan fingerprint density at radius 3 is 2.40 bits per heavy atom. The number of nitrogens with zero attached hydrogens (tertiary/aromatic N) is 2. The van der Waals surface area contributed by atoms with Crippen LogP contribution in [0, 0.1) is 13.8 Å². The van der Waals surface area contributed by atoms with Crippen LogP contribution in [0.25, 0.3) is 5.69 Å². The van der Waals surface area contributed by atoms with E-state index in [4.69, 9.17) is 4.74 Å². The number of rotatable bonds is 4. The van der Waals surface area contributed by atoms with Crippen LogP contribution < -0.4 is 10.1 Å². The molecule has 128 valence electrons. The molecule has 0 fully saturated rings. The van der Waals surface area contributed by atoms with Crippen molar-refractivity contribution in [2.24, 2.45) is 0 Å². The van der Waals surface area contributed by atoms with Crippen LogP contribution in [-0.4, -0.2) is 22.8 Å². The van der Waals surface area contributed by atoms with Crippen molar-refractivity contribution >= 4 is 27.5 Å². The van der Waals surface area contributed by atoms with Gasteiger partial charge in [-0.1, -0.05) is 12.1 Å². The highest BCUT2D eigenvalue weighted by molar-refractivity contribution is 9.10. The average molecular weight is 400 g/mol. The van der Waals surface area contributed by atoms with Gasteiger partial charge in [0, 0.05) is 5.69 Å². The molecule has 0 aliphatic heterocycles. The Hall–Kier alpha value is -2.60. The van der Waals surface area contributed by atoms with Crippen molar-refractivity contribution in [3.63, 3.8) is 0 Å². The molecule has 1 aromatic heterocycles. The third-order valence-corrected chi connectivity index (χ3v) is 5.07. The van der Waals surface area contributed by atoms with E-state index in [0.29, 0.717) is 17.0 Å². The van der Waals surface area contributed by atoms with Crippen LogP contribution in [-0.2, 0) is 0 Å². The van der Waals surface area contributed by atoms with Gasteiger partial charge in [-0.05, 0) is 66.2 Å². The molecule has 3 rings (SSSR count). The van der Waals surface area contributed by atoms with Crippen LogP contribution in [0.1, 0.15) is 21.7 Å². The minimum Gasteiger partial charge on any atom is -0.496 e. The van der Waals surface area contributed by atoms with Crippen LogP contribution in [0.2, 0.25) is 0 Å². The smallest absolute Gasteiger partial charge is 0.259 e. The van der Waals surface area contributed by atoms with E-state index >= 15 is 0 Å². The predicted molar refractivity (Wildman–Crippen MR) is 102 cm³/mol. The van der Waals surface area contributed by atoms with Crippen molar-refractivity contribution < 1.29 is 9.53 Å². The first-order valence-electron chi connectivity index (χ1n) is 7.78. The topological polar surface area (TPSA) is 56.1 Å². The Morgan fingerprint density at radius 1 is 1.12 bits per heavy atom. The summed E-state index contributed by atoms with van der Waals surface area (Å²) in [5.41, 5.74) is 4.10. The number of carbonyl (C=O) groups is 1. The van der Waals surface area contributed by atoms with E-state index in [2.05, 4.69) is 26.3 Å². The molecule has 0 bridgehead atoms. The second-order valence-corrected chi connectivity index (χ2v) is 6.39. The normalized spacial score (nSPS) is 10.6. The van der Waals surface area contributed by atoms with Gasteiger partial charge in [-0.3, -0.25) is 4.79 Å². The Bertz CT molecular complexity index is 917. The second-order valence-electron chi connectivity index (χ2n) is 5.60. The first kappa shape index (κ1) is 17.2. The number of aromatic nitrogens is 2. The maximum absolute atomic E-state index is 12.4. The zero-order valence-corrected chi connectivity index (χ0v) is 15.8. The first-order valence-corrected chi connectivity index (χ1v) is 8.57. The van der Waals surface area contributed by atoms with Gasteiger partial charge in [0.15, 0.2) is 0 Å². The highest BCUT2D eigenvalue weighted by atomic mass is 79.9. The van der Waals surface area contributed by atoms with E-state index in [9.17, 15) is 4.79 Å². The summed E-state index contributed by atoms with van der Waals surface area (Å²) in [6, 6.07) is 14.7. The SMILES string of the molecule is COc1ccccc1C(=O)Nc1ccc(-n2nc(C)c(Br)c2C)cc1. The van der Waals surface area contributed by atoms with Crippen LogP contribution in [0.15, 0.2) is 53.0 Å². The zero-order valence-electron chi connectivity index (χ0n) is 14.2. The molecule has 6 heteroatoms. The quantitative estimate of drug-likeness (QED) is 0.701. The van der Waals surface area contributed by atoms with E-state index < -0.39 is 0 Å².